The van der Waals surface area contributed by atoms with Gasteiger partial charge in [-0.1, -0.05) is 59.6 Å². The second-order valence-corrected chi connectivity index (χ2v) is 14.0. The molecule has 0 radical (unpaired) electrons. The van der Waals surface area contributed by atoms with Crippen molar-refractivity contribution in [3.63, 3.8) is 0 Å². The van der Waals surface area contributed by atoms with E-state index in [9.17, 15) is 19.8 Å². The van der Waals surface area contributed by atoms with E-state index in [2.05, 4.69) is 20.6 Å². The minimum atomic E-state index is -1.16. The predicted molar refractivity (Wildman–Crippen MR) is 199 cm³/mol. The number of hydrogen-bond acceptors (Lipinski definition) is 10. The molecule has 14 heteroatoms. The summed E-state index contributed by atoms with van der Waals surface area (Å²) in [4.78, 5) is 31.9. The molecule has 278 valence electrons. The highest BCUT2D eigenvalue weighted by atomic mass is 35.5. The Kier molecular flexibility index (Phi) is 13.0. The van der Waals surface area contributed by atoms with Gasteiger partial charge in [0.2, 0.25) is 23.5 Å². The normalized spacial score (nSPS) is 11.7. The van der Waals surface area contributed by atoms with Gasteiger partial charge in [-0.15, -0.1) is 0 Å². The van der Waals surface area contributed by atoms with Crippen LogP contribution in [0.2, 0.25) is 10.0 Å². The third kappa shape index (κ3) is 9.43. The molecule has 0 spiro atoms. The van der Waals surface area contributed by atoms with E-state index in [4.69, 9.17) is 42.1 Å². The molecule has 0 aliphatic carbocycles. The Morgan fingerprint density at radius 1 is 0.654 bits per heavy atom. The minimum absolute atomic E-state index is 0.177. The molecule has 0 bridgehead atoms. The van der Waals surface area contributed by atoms with Crippen molar-refractivity contribution in [3.8, 4) is 34.6 Å². The van der Waals surface area contributed by atoms with Crippen LogP contribution in [0.5, 0.6) is 23.5 Å². The number of ether oxygens (including phenoxy) is 4. The van der Waals surface area contributed by atoms with E-state index in [-0.39, 0.29) is 59.9 Å². The zero-order valence-corrected chi connectivity index (χ0v) is 32.0. The molecular formula is C38H44Cl2N4O8. The number of nitrogens with zero attached hydrogens (tertiary/aromatic N) is 2. The van der Waals surface area contributed by atoms with Crippen molar-refractivity contribution in [2.75, 3.05) is 14.2 Å². The monoisotopic (exact) mass is 754 g/mol. The number of halogens is 2. The first-order valence-electron chi connectivity index (χ1n) is 16.4. The van der Waals surface area contributed by atoms with Crippen LogP contribution in [0.15, 0.2) is 48.5 Å². The van der Waals surface area contributed by atoms with Gasteiger partial charge in [0.25, 0.3) is 0 Å². The number of nitrogens with one attached hydrogen (secondary N) is 2. The van der Waals surface area contributed by atoms with Gasteiger partial charge in [0, 0.05) is 24.2 Å². The summed E-state index contributed by atoms with van der Waals surface area (Å²) >= 11 is 13.1. The van der Waals surface area contributed by atoms with E-state index in [1.807, 2.05) is 50.2 Å². The van der Waals surface area contributed by atoms with E-state index in [1.165, 1.54) is 14.2 Å². The Bertz CT molecular complexity index is 1810. The van der Waals surface area contributed by atoms with Crippen molar-refractivity contribution < 1.29 is 38.7 Å². The summed E-state index contributed by atoms with van der Waals surface area (Å²) in [7, 11) is 2.95. The molecule has 0 fully saturated rings. The third-order valence-electron chi connectivity index (χ3n) is 8.77. The fourth-order valence-electron chi connectivity index (χ4n) is 5.14. The average Bonchev–Trinajstić information content (AvgIpc) is 3.10. The number of carboxylic acids is 2. The molecule has 2 aromatic heterocycles. The molecule has 52 heavy (non-hydrogen) atoms. The van der Waals surface area contributed by atoms with Crippen molar-refractivity contribution in [1.29, 1.82) is 0 Å². The Hall–Kier alpha value is -4.62. The quantitative estimate of drug-likeness (QED) is 0.0863. The Balaban J connectivity index is 1.50. The molecule has 0 saturated heterocycles. The number of aromatic nitrogens is 2. The molecule has 0 unspecified atom stereocenters. The molecule has 0 saturated carbocycles. The summed E-state index contributed by atoms with van der Waals surface area (Å²) in [5, 5.41) is 25.3. The Labute approximate surface area is 313 Å². The number of aliphatic carboxylic acids is 2. The van der Waals surface area contributed by atoms with E-state index >= 15 is 0 Å². The molecule has 2 aromatic carbocycles. The second-order valence-electron chi connectivity index (χ2n) is 13.2. The van der Waals surface area contributed by atoms with Crippen molar-refractivity contribution in [3.05, 3.63) is 92.0 Å². The highest BCUT2D eigenvalue weighted by Gasteiger charge is 2.28. The lowest BCUT2D eigenvalue weighted by Gasteiger charge is -2.22. The maximum Gasteiger partial charge on any atom is 0.323 e. The molecule has 12 nitrogen and oxygen atoms in total. The van der Waals surface area contributed by atoms with Crippen LogP contribution in [0, 0.1) is 13.8 Å². The van der Waals surface area contributed by atoms with Crippen molar-refractivity contribution in [2.24, 2.45) is 0 Å². The maximum absolute atomic E-state index is 11.5. The fourth-order valence-corrected chi connectivity index (χ4v) is 5.59. The predicted octanol–water partition coefficient (Wildman–Crippen LogP) is 7.15. The number of carboxylic acid groups (broad SMARTS) is 2. The van der Waals surface area contributed by atoms with Gasteiger partial charge in [-0.25, -0.2) is 0 Å². The first kappa shape index (κ1) is 40.2. The van der Waals surface area contributed by atoms with Gasteiger partial charge in [0.15, 0.2) is 0 Å². The number of carbonyl (C=O) groups is 2. The molecule has 4 rings (SSSR count). The second kappa shape index (κ2) is 16.8. The molecule has 0 aliphatic heterocycles. The SMILES string of the molecule is COc1nc(OCc2cccc(-c3cccc(COc4nc(OC)c(CNC(C)(C)C(=O)O)cc4Cl)c3C)c2C)c(Cl)cc1CNC(C)(C)C(=O)O. The highest BCUT2D eigenvalue weighted by Crippen LogP contribution is 2.34. The molecule has 0 atom stereocenters. The van der Waals surface area contributed by atoms with Crippen molar-refractivity contribution in [1.82, 2.24) is 20.6 Å². The zero-order chi connectivity index (χ0) is 38.4. The first-order valence-corrected chi connectivity index (χ1v) is 17.1. The third-order valence-corrected chi connectivity index (χ3v) is 9.32. The number of rotatable bonds is 17. The van der Waals surface area contributed by atoms with E-state index in [0.717, 1.165) is 33.4 Å². The standard InChI is InChI=1S/C38H44Cl2N4O8/c1-21-23(19-51-33-29(39)15-25(31(43-33)49-7)17-41-37(3,4)35(45)46)11-9-13-27(21)28-14-10-12-24(22(28)2)20-52-34-30(40)16-26(32(44-34)50-8)18-42-38(5,6)36(47)48/h9-16,41-42H,17-20H2,1-8H3,(H,45,46)(H,47,48). The van der Waals surface area contributed by atoms with Gasteiger partial charge >= 0.3 is 11.9 Å². The number of benzene rings is 2. The Morgan fingerprint density at radius 2 is 1.02 bits per heavy atom. The molecule has 4 N–H and O–H groups in total. The van der Waals surface area contributed by atoms with E-state index in [1.54, 1.807) is 39.8 Å². The summed E-state index contributed by atoms with van der Waals surface area (Å²) in [6.07, 6.45) is 0. The first-order chi connectivity index (χ1) is 24.5. The van der Waals surface area contributed by atoms with Crippen LogP contribution in [-0.4, -0.2) is 57.4 Å². The molecule has 2 heterocycles. The van der Waals surface area contributed by atoms with Crippen LogP contribution < -0.4 is 29.6 Å². The van der Waals surface area contributed by atoms with Gasteiger partial charge in [0.1, 0.15) is 34.3 Å². The zero-order valence-electron chi connectivity index (χ0n) is 30.4. The van der Waals surface area contributed by atoms with Gasteiger partial charge < -0.3 is 29.2 Å². The van der Waals surface area contributed by atoms with Gasteiger partial charge in [-0.2, -0.15) is 9.97 Å². The lowest BCUT2D eigenvalue weighted by molar-refractivity contribution is -0.144. The summed E-state index contributed by atoms with van der Waals surface area (Å²) < 4.78 is 23.1. The lowest BCUT2D eigenvalue weighted by atomic mass is 9.92. The summed E-state index contributed by atoms with van der Waals surface area (Å²) in [6, 6.07) is 15.3. The van der Waals surface area contributed by atoms with Crippen molar-refractivity contribution in [2.45, 2.75) is 78.9 Å². The fraction of sp³-hybridized carbons (Fsp3) is 0.368. The van der Waals surface area contributed by atoms with Crippen LogP contribution in [-0.2, 0) is 35.9 Å². The number of pyridine rings is 2. The van der Waals surface area contributed by atoms with E-state index < -0.39 is 23.0 Å². The van der Waals surface area contributed by atoms with E-state index in [0.29, 0.717) is 11.1 Å². The molecule has 4 aromatic rings. The highest BCUT2D eigenvalue weighted by molar-refractivity contribution is 6.32. The van der Waals surface area contributed by atoms with Crippen LogP contribution in [0.1, 0.15) is 61.1 Å². The van der Waals surface area contributed by atoms with Crippen LogP contribution in [0.4, 0.5) is 0 Å². The van der Waals surface area contributed by atoms with Crippen LogP contribution in [0.3, 0.4) is 0 Å². The lowest BCUT2D eigenvalue weighted by Crippen LogP contribution is -2.46. The summed E-state index contributed by atoms with van der Waals surface area (Å²) in [5.74, 6) is -1.04. The number of methoxy groups -OCH3 is 2. The Morgan fingerprint density at radius 3 is 1.35 bits per heavy atom. The van der Waals surface area contributed by atoms with Crippen molar-refractivity contribution >= 4 is 35.1 Å². The molecule has 0 aliphatic rings. The summed E-state index contributed by atoms with van der Waals surface area (Å²) in [6.45, 7) is 11.0. The molecule has 0 amide bonds. The van der Waals surface area contributed by atoms with Gasteiger partial charge in [-0.05, 0) is 87.1 Å². The summed E-state index contributed by atoms with van der Waals surface area (Å²) in [5.41, 5.74) is 4.76. The minimum Gasteiger partial charge on any atom is -0.481 e. The van der Waals surface area contributed by atoms with Gasteiger partial charge in [0.05, 0.1) is 14.2 Å². The topological polar surface area (TPSA) is 161 Å². The number of hydrogen-bond donors (Lipinski definition) is 4. The smallest absolute Gasteiger partial charge is 0.323 e. The average molecular weight is 756 g/mol. The largest absolute Gasteiger partial charge is 0.481 e. The molecular weight excluding hydrogens is 711 g/mol. The van der Waals surface area contributed by atoms with Crippen LogP contribution in [0.25, 0.3) is 11.1 Å². The van der Waals surface area contributed by atoms with Crippen LogP contribution >= 0.6 is 23.2 Å². The van der Waals surface area contributed by atoms with Gasteiger partial charge in [-0.3, -0.25) is 20.2 Å². The maximum atomic E-state index is 11.5.